The zero-order valence-corrected chi connectivity index (χ0v) is 12.9. The fraction of sp³-hybridized carbons (Fsp3) is 0.909. The maximum atomic E-state index is 12.1. The molecule has 0 aromatic heterocycles. The predicted molar refractivity (Wildman–Crippen MR) is 73.6 cm³/mol. The number of hydrogen-bond acceptors (Lipinski definition) is 4. The third-order valence-electron chi connectivity index (χ3n) is 1.85. The lowest BCUT2D eigenvalue weighted by atomic mass is 9.95. The highest BCUT2D eigenvalue weighted by Gasteiger charge is 2.22. The molecular formula is C11H25N3O3S. The van der Waals surface area contributed by atoms with E-state index in [-0.39, 0.29) is 12.0 Å². The summed E-state index contributed by atoms with van der Waals surface area (Å²) >= 11 is 0. The summed E-state index contributed by atoms with van der Waals surface area (Å²) in [7, 11) is -2.68. The highest BCUT2D eigenvalue weighted by molar-refractivity contribution is 7.88. The average Bonchev–Trinajstić information content (AvgIpc) is 2.09. The number of nitrogens with zero attached hydrogens (tertiary/aromatic N) is 1. The lowest BCUT2D eigenvalue weighted by Crippen LogP contribution is -2.39. The molecule has 0 saturated heterocycles. The number of urea groups is 1. The number of carbonyl (C=O) groups is 1. The average molecular weight is 279 g/mol. The fourth-order valence-electron chi connectivity index (χ4n) is 1.17. The molecule has 0 fully saturated rings. The molecule has 1 atom stereocenters. The minimum Gasteiger partial charge on any atom is -0.352 e. The molecule has 3 N–H and O–H groups in total. The Morgan fingerprint density at radius 2 is 1.83 bits per heavy atom. The van der Waals surface area contributed by atoms with Gasteiger partial charge in [0.25, 0.3) is 0 Å². The highest BCUT2D eigenvalue weighted by Crippen LogP contribution is 2.17. The molecule has 0 rings (SSSR count). The van der Waals surface area contributed by atoms with E-state index < -0.39 is 21.6 Å². The van der Waals surface area contributed by atoms with Crippen molar-refractivity contribution in [2.45, 2.75) is 40.2 Å². The van der Waals surface area contributed by atoms with E-state index in [1.807, 2.05) is 34.6 Å². The Kier molecular flexibility index (Phi) is 5.61. The van der Waals surface area contributed by atoms with Gasteiger partial charge in [-0.05, 0) is 20.8 Å². The van der Waals surface area contributed by atoms with Crippen LogP contribution in [0.2, 0.25) is 0 Å². The van der Waals surface area contributed by atoms with E-state index in [9.17, 15) is 9.00 Å². The first-order chi connectivity index (χ1) is 7.83. The van der Waals surface area contributed by atoms with Crippen LogP contribution in [-0.4, -0.2) is 35.2 Å². The highest BCUT2D eigenvalue weighted by atomic mass is 32.2. The van der Waals surface area contributed by atoms with Gasteiger partial charge in [0.15, 0.2) is 10.0 Å². The molecule has 0 saturated carbocycles. The summed E-state index contributed by atoms with van der Waals surface area (Å²) in [5, 5.41) is 2.51. The molecule has 0 heterocycles. The van der Waals surface area contributed by atoms with Crippen molar-refractivity contribution in [3.63, 3.8) is 0 Å². The van der Waals surface area contributed by atoms with Gasteiger partial charge in [-0.1, -0.05) is 13.8 Å². The number of amides is 2. The second kappa shape index (κ2) is 5.88. The molecule has 0 aliphatic carbocycles. The molecular weight excluding hydrogens is 254 g/mol. The summed E-state index contributed by atoms with van der Waals surface area (Å²) in [5.74, 6) is 0. The lowest BCUT2D eigenvalue weighted by molar-refractivity contribution is 0.188. The van der Waals surface area contributed by atoms with Gasteiger partial charge < -0.3 is 11.1 Å². The lowest BCUT2D eigenvalue weighted by Gasteiger charge is -2.25. The maximum Gasteiger partial charge on any atom is 0.312 e. The number of nitrogens with two attached hydrogens (primary N) is 1. The van der Waals surface area contributed by atoms with Gasteiger partial charge in [-0.25, -0.2) is 13.4 Å². The van der Waals surface area contributed by atoms with Crippen LogP contribution in [-0.2, 0) is 14.2 Å². The minimum atomic E-state index is -2.68. The first-order valence-electron chi connectivity index (χ1n) is 5.74. The first-order valence-corrected chi connectivity index (χ1v) is 7.59. The van der Waals surface area contributed by atoms with Gasteiger partial charge in [0.05, 0.1) is 12.1 Å². The first kappa shape index (κ1) is 17.2. The molecule has 18 heavy (non-hydrogen) atoms. The van der Waals surface area contributed by atoms with Crippen LogP contribution in [0.3, 0.4) is 0 Å². The zero-order valence-electron chi connectivity index (χ0n) is 12.1. The molecule has 0 aliphatic rings. The summed E-state index contributed by atoms with van der Waals surface area (Å²) < 4.78 is 21.6. The summed E-state index contributed by atoms with van der Waals surface area (Å²) in [6, 6.07) is -0.584. The predicted octanol–water partition coefficient (Wildman–Crippen LogP) is 1.51. The molecule has 0 aromatic carbocycles. The van der Waals surface area contributed by atoms with E-state index in [1.165, 1.54) is 6.26 Å². The monoisotopic (exact) mass is 279 g/mol. The Balaban J connectivity index is 4.52. The number of primary amides is 1. The Hall–Kier alpha value is -0.820. The number of hydrogen-bond donors (Lipinski definition) is 2. The molecule has 0 aromatic rings. The topological polar surface area (TPSA) is 93.8 Å². The molecule has 0 bridgehead atoms. The number of carbonyl (C=O) groups excluding carboxylic acids is 1. The van der Waals surface area contributed by atoms with Crippen molar-refractivity contribution in [2.24, 2.45) is 15.5 Å². The van der Waals surface area contributed by atoms with Crippen LogP contribution in [0.1, 0.15) is 34.6 Å². The number of rotatable bonds is 5. The standard InChI is InChI=1S/C11H25N3O3S/c1-10(2,3)14-18(6,16)17-8-11(4,5)7-13-9(12)15/h7-8H2,1-6H3,(H3,12,13,15). The quantitative estimate of drug-likeness (QED) is 0.798. The second-order valence-electron chi connectivity index (χ2n) is 6.14. The third-order valence-corrected chi connectivity index (χ3v) is 3.28. The SMILES string of the molecule is CC(C)(CNC(N)=O)COS(C)(=O)=NC(C)(C)C. The maximum absolute atomic E-state index is 12.1. The molecule has 108 valence electrons. The number of nitrogens with one attached hydrogen (secondary N) is 1. The van der Waals surface area contributed by atoms with Gasteiger partial charge in [0.1, 0.15) is 0 Å². The zero-order chi connectivity index (χ0) is 14.6. The second-order valence-corrected chi connectivity index (χ2v) is 8.02. The van der Waals surface area contributed by atoms with Gasteiger partial charge in [0, 0.05) is 18.2 Å². The summed E-state index contributed by atoms with van der Waals surface area (Å²) in [5.41, 5.74) is 4.22. The fourth-order valence-corrected chi connectivity index (χ4v) is 2.76. The van der Waals surface area contributed by atoms with Gasteiger partial charge in [-0.2, -0.15) is 0 Å². The molecule has 6 nitrogen and oxygen atoms in total. The van der Waals surface area contributed by atoms with Crippen LogP contribution in [0.4, 0.5) is 4.79 Å². The van der Waals surface area contributed by atoms with Gasteiger partial charge in [0.2, 0.25) is 0 Å². The van der Waals surface area contributed by atoms with Crippen LogP contribution in [0, 0.1) is 5.41 Å². The molecule has 7 heteroatoms. The molecule has 1 unspecified atom stereocenters. The van der Waals surface area contributed by atoms with Crippen LogP contribution in [0.25, 0.3) is 0 Å². The Bertz CT molecular complexity index is 404. The van der Waals surface area contributed by atoms with Crippen molar-refractivity contribution in [1.82, 2.24) is 5.32 Å². The van der Waals surface area contributed by atoms with E-state index >= 15 is 0 Å². The molecule has 2 amide bonds. The smallest absolute Gasteiger partial charge is 0.312 e. The van der Waals surface area contributed by atoms with Gasteiger partial charge >= 0.3 is 6.03 Å². The van der Waals surface area contributed by atoms with Gasteiger partial charge in [-0.3, -0.25) is 4.18 Å². The van der Waals surface area contributed by atoms with Crippen molar-refractivity contribution < 1.29 is 13.2 Å². The van der Waals surface area contributed by atoms with Crippen molar-refractivity contribution in [1.29, 1.82) is 0 Å². The van der Waals surface area contributed by atoms with Crippen LogP contribution >= 0.6 is 0 Å². The molecule has 0 radical (unpaired) electrons. The summed E-state index contributed by atoms with van der Waals surface area (Å²) in [6.45, 7) is 9.93. The van der Waals surface area contributed by atoms with Crippen LogP contribution in [0.15, 0.2) is 4.36 Å². The Morgan fingerprint density at radius 1 is 1.33 bits per heavy atom. The Labute approximate surface area is 110 Å². The largest absolute Gasteiger partial charge is 0.352 e. The Morgan fingerprint density at radius 3 is 2.22 bits per heavy atom. The van der Waals surface area contributed by atoms with Crippen molar-refractivity contribution in [2.75, 3.05) is 19.4 Å². The summed E-state index contributed by atoms with van der Waals surface area (Å²) in [4.78, 5) is 10.6. The van der Waals surface area contributed by atoms with E-state index in [0.717, 1.165) is 0 Å². The third kappa shape index (κ3) is 9.23. The van der Waals surface area contributed by atoms with Crippen molar-refractivity contribution >= 4 is 16.0 Å². The van der Waals surface area contributed by atoms with E-state index in [1.54, 1.807) is 0 Å². The van der Waals surface area contributed by atoms with Crippen LogP contribution < -0.4 is 11.1 Å². The molecule has 0 spiro atoms. The van der Waals surface area contributed by atoms with Crippen LogP contribution in [0.5, 0.6) is 0 Å². The molecule has 0 aliphatic heterocycles. The van der Waals surface area contributed by atoms with Crippen molar-refractivity contribution in [3.8, 4) is 0 Å². The van der Waals surface area contributed by atoms with Crippen molar-refractivity contribution in [3.05, 3.63) is 0 Å². The normalized spacial score (nSPS) is 15.9. The van der Waals surface area contributed by atoms with E-state index in [2.05, 4.69) is 9.68 Å². The minimum absolute atomic E-state index is 0.224. The summed E-state index contributed by atoms with van der Waals surface area (Å²) in [6.07, 6.45) is 1.47. The van der Waals surface area contributed by atoms with E-state index in [0.29, 0.717) is 6.54 Å². The van der Waals surface area contributed by atoms with E-state index in [4.69, 9.17) is 9.92 Å². The van der Waals surface area contributed by atoms with Gasteiger partial charge in [-0.15, -0.1) is 0 Å².